The Morgan fingerprint density at radius 3 is 2.50 bits per heavy atom. The van der Waals surface area contributed by atoms with Crippen LogP contribution in [0.15, 0.2) is 104 Å². The first-order chi connectivity index (χ1) is 16.7. The number of fused-ring (bicyclic) bond motifs is 1. The molecule has 34 heavy (non-hydrogen) atoms. The van der Waals surface area contributed by atoms with Gasteiger partial charge in [-0.05, 0) is 46.0 Å². The fourth-order valence-electron chi connectivity index (χ4n) is 4.57. The molecule has 0 radical (unpaired) electrons. The highest BCUT2D eigenvalue weighted by Gasteiger charge is 2.19. The van der Waals surface area contributed by atoms with Gasteiger partial charge >= 0.3 is 0 Å². The Morgan fingerprint density at radius 1 is 0.912 bits per heavy atom. The van der Waals surface area contributed by atoms with Crippen LogP contribution in [-0.2, 0) is 13.5 Å². The van der Waals surface area contributed by atoms with Gasteiger partial charge in [-0.25, -0.2) is 4.98 Å². The SMILES string of the molecule is Cn1cncc1C(NCCc1ccccc1)c1ccc(C#N)c(-c2cccc3ccccc23)c1. The number of aromatic nitrogens is 2. The predicted molar refractivity (Wildman–Crippen MR) is 137 cm³/mol. The van der Waals surface area contributed by atoms with Crippen molar-refractivity contribution in [2.24, 2.45) is 7.05 Å². The van der Waals surface area contributed by atoms with E-state index in [2.05, 4.69) is 87.7 Å². The van der Waals surface area contributed by atoms with Gasteiger partial charge in [-0.3, -0.25) is 0 Å². The largest absolute Gasteiger partial charge is 0.336 e. The number of nitrogens with one attached hydrogen (secondary N) is 1. The van der Waals surface area contributed by atoms with Crippen LogP contribution in [0, 0.1) is 11.3 Å². The molecule has 0 spiro atoms. The molecule has 1 unspecified atom stereocenters. The molecule has 0 amide bonds. The summed E-state index contributed by atoms with van der Waals surface area (Å²) in [7, 11) is 2.02. The lowest BCUT2D eigenvalue weighted by molar-refractivity contribution is 0.575. The lowest BCUT2D eigenvalue weighted by atomic mass is 9.91. The molecule has 0 aliphatic heterocycles. The van der Waals surface area contributed by atoms with Gasteiger partial charge < -0.3 is 9.88 Å². The fourth-order valence-corrected chi connectivity index (χ4v) is 4.57. The number of rotatable bonds is 7. The molecule has 4 heteroatoms. The Kier molecular flexibility index (Phi) is 6.20. The maximum atomic E-state index is 9.90. The molecule has 1 N–H and O–H groups in total. The van der Waals surface area contributed by atoms with Crippen LogP contribution in [0.5, 0.6) is 0 Å². The third-order valence-corrected chi connectivity index (χ3v) is 6.33. The molecule has 0 saturated carbocycles. The summed E-state index contributed by atoms with van der Waals surface area (Å²) in [4.78, 5) is 4.36. The smallest absolute Gasteiger partial charge is 0.0998 e. The first-order valence-electron chi connectivity index (χ1n) is 11.5. The molecule has 1 atom stereocenters. The Morgan fingerprint density at radius 2 is 1.71 bits per heavy atom. The Hall–Kier alpha value is -4.20. The number of imidazole rings is 1. The van der Waals surface area contributed by atoms with E-state index in [1.54, 1.807) is 0 Å². The molecule has 4 aromatic carbocycles. The zero-order valence-corrected chi connectivity index (χ0v) is 19.1. The van der Waals surface area contributed by atoms with Crippen LogP contribution < -0.4 is 5.32 Å². The minimum absolute atomic E-state index is 0.0438. The molecule has 0 aliphatic rings. The first kappa shape index (κ1) is 21.6. The number of hydrogen-bond acceptors (Lipinski definition) is 3. The minimum atomic E-state index is -0.0438. The van der Waals surface area contributed by atoms with Crippen LogP contribution in [0.25, 0.3) is 21.9 Å². The van der Waals surface area contributed by atoms with E-state index < -0.39 is 0 Å². The van der Waals surface area contributed by atoms with Crippen LogP contribution >= 0.6 is 0 Å². The average Bonchev–Trinajstić information content (AvgIpc) is 3.32. The van der Waals surface area contributed by atoms with Gasteiger partial charge in [0.05, 0.1) is 35.9 Å². The Bertz CT molecular complexity index is 1460. The first-order valence-corrected chi connectivity index (χ1v) is 11.5. The van der Waals surface area contributed by atoms with Gasteiger partial charge in [0, 0.05) is 19.2 Å². The third kappa shape index (κ3) is 4.34. The minimum Gasteiger partial charge on any atom is -0.336 e. The summed E-state index contributed by atoms with van der Waals surface area (Å²) in [5.74, 6) is 0. The number of hydrogen-bond donors (Lipinski definition) is 1. The summed E-state index contributed by atoms with van der Waals surface area (Å²) in [6, 6.07) is 33.6. The molecule has 0 aliphatic carbocycles. The van der Waals surface area contributed by atoms with Crippen molar-refractivity contribution in [3.8, 4) is 17.2 Å². The lowest BCUT2D eigenvalue weighted by Crippen LogP contribution is -2.26. The highest BCUT2D eigenvalue weighted by Crippen LogP contribution is 2.34. The van der Waals surface area contributed by atoms with Gasteiger partial charge in [0.2, 0.25) is 0 Å². The Balaban J connectivity index is 1.55. The molecule has 5 aromatic rings. The second kappa shape index (κ2) is 9.74. The van der Waals surface area contributed by atoms with Crippen molar-refractivity contribution in [1.29, 1.82) is 5.26 Å². The van der Waals surface area contributed by atoms with E-state index in [4.69, 9.17) is 0 Å². The molecule has 1 heterocycles. The summed E-state index contributed by atoms with van der Waals surface area (Å²) >= 11 is 0. The van der Waals surface area contributed by atoms with Crippen molar-refractivity contribution < 1.29 is 0 Å². The van der Waals surface area contributed by atoms with Crippen LogP contribution in [-0.4, -0.2) is 16.1 Å². The molecular formula is C30H26N4. The third-order valence-electron chi connectivity index (χ3n) is 6.33. The summed E-state index contributed by atoms with van der Waals surface area (Å²) in [6.45, 7) is 0.823. The van der Waals surface area contributed by atoms with Gasteiger partial charge in [-0.15, -0.1) is 0 Å². The quantitative estimate of drug-likeness (QED) is 0.335. The van der Waals surface area contributed by atoms with Crippen molar-refractivity contribution in [3.05, 3.63) is 126 Å². The average molecular weight is 443 g/mol. The monoisotopic (exact) mass is 442 g/mol. The van der Waals surface area contributed by atoms with E-state index in [1.807, 2.05) is 43.8 Å². The van der Waals surface area contributed by atoms with Gasteiger partial charge in [-0.1, -0.05) is 78.9 Å². The van der Waals surface area contributed by atoms with Crippen molar-refractivity contribution in [3.63, 3.8) is 0 Å². The molecule has 0 fully saturated rings. The van der Waals surface area contributed by atoms with Gasteiger partial charge in [0.1, 0.15) is 0 Å². The van der Waals surface area contributed by atoms with E-state index in [1.165, 1.54) is 10.9 Å². The van der Waals surface area contributed by atoms with Crippen molar-refractivity contribution in [1.82, 2.24) is 14.9 Å². The zero-order valence-electron chi connectivity index (χ0n) is 19.1. The molecule has 0 bridgehead atoms. The van der Waals surface area contributed by atoms with Crippen molar-refractivity contribution in [2.45, 2.75) is 12.5 Å². The summed E-state index contributed by atoms with van der Waals surface area (Å²) in [6.07, 6.45) is 4.67. The predicted octanol–water partition coefficient (Wildman–Crippen LogP) is 6.03. The number of nitriles is 1. The second-order valence-electron chi connectivity index (χ2n) is 8.50. The van der Waals surface area contributed by atoms with E-state index in [0.29, 0.717) is 5.56 Å². The summed E-state index contributed by atoms with van der Waals surface area (Å²) in [5.41, 5.74) is 6.20. The molecule has 166 valence electrons. The Labute approximate surface area is 200 Å². The molecule has 1 aromatic heterocycles. The van der Waals surface area contributed by atoms with E-state index in [-0.39, 0.29) is 6.04 Å². The van der Waals surface area contributed by atoms with Gasteiger partial charge in [0.25, 0.3) is 0 Å². The summed E-state index contributed by atoms with van der Waals surface area (Å²) < 4.78 is 2.05. The lowest BCUT2D eigenvalue weighted by Gasteiger charge is -2.21. The van der Waals surface area contributed by atoms with Crippen molar-refractivity contribution in [2.75, 3.05) is 6.54 Å². The van der Waals surface area contributed by atoms with Crippen LogP contribution in [0.3, 0.4) is 0 Å². The number of benzene rings is 4. The molecule has 0 saturated heterocycles. The topological polar surface area (TPSA) is 53.6 Å². The number of nitrogens with zero attached hydrogens (tertiary/aromatic N) is 3. The van der Waals surface area contributed by atoms with Crippen molar-refractivity contribution >= 4 is 10.8 Å². The fraction of sp³-hybridized carbons (Fsp3) is 0.133. The van der Waals surface area contributed by atoms with Crippen LogP contribution in [0.4, 0.5) is 0 Å². The van der Waals surface area contributed by atoms with Crippen LogP contribution in [0.1, 0.15) is 28.4 Å². The molecular weight excluding hydrogens is 416 g/mol. The van der Waals surface area contributed by atoms with E-state index in [0.717, 1.165) is 40.7 Å². The highest BCUT2D eigenvalue weighted by molar-refractivity contribution is 5.97. The van der Waals surface area contributed by atoms with E-state index in [9.17, 15) is 5.26 Å². The molecule has 5 rings (SSSR count). The highest BCUT2D eigenvalue weighted by atomic mass is 15.1. The second-order valence-corrected chi connectivity index (χ2v) is 8.50. The van der Waals surface area contributed by atoms with Gasteiger partial charge in [-0.2, -0.15) is 5.26 Å². The standard InChI is InChI=1S/C30H26N4/c1-34-21-32-20-29(34)30(33-17-16-22-8-3-2-4-9-22)24-14-15-25(19-31)28(18-24)27-13-7-11-23-10-5-6-12-26(23)27/h2-15,18,20-21,30,33H,16-17H2,1H3. The maximum absolute atomic E-state index is 9.90. The van der Waals surface area contributed by atoms with Gasteiger partial charge in [0.15, 0.2) is 0 Å². The summed E-state index contributed by atoms with van der Waals surface area (Å²) in [5, 5.41) is 15.9. The maximum Gasteiger partial charge on any atom is 0.0998 e. The van der Waals surface area contributed by atoms with E-state index >= 15 is 0 Å². The zero-order chi connectivity index (χ0) is 23.3. The number of aryl methyl sites for hydroxylation is 1. The van der Waals surface area contributed by atoms with Crippen LogP contribution in [0.2, 0.25) is 0 Å². The molecule has 4 nitrogen and oxygen atoms in total. The normalized spacial score (nSPS) is 11.9.